The van der Waals surface area contributed by atoms with Crippen molar-refractivity contribution in [2.75, 3.05) is 32.0 Å². The molecular weight excluding hydrogens is 524 g/mol. The van der Waals surface area contributed by atoms with Gasteiger partial charge >= 0.3 is 0 Å². The van der Waals surface area contributed by atoms with E-state index in [1.165, 1.54) is 20.1 Å². The van der Waals surface area contributed by atoms with E-state index in [9.17, 15) is 14.4 Å². The normalized spacial score (nSPS) is 14.6. The number of anilines is 2. The van der Waals surface area contributed by atoms with E-state index in [1.807, 2.05) is 26.0 Å². The van der Waals surface area contributed by atoms with Crippen LogP contribution in [0, 0.1) is 5.92 Å². The summed E-state index contributed by atoms with van der Waals surface area (Å²) in [5.74, 6) is 1.16. The standard InChI is InChI=1S/C31H36N4O6/c1-17(2)28(31(38)35-26-9-7-8-14-32-26)34-23-13-11-20-21(16-24(23)37)22(33-18(3)36)12-10-19-15-25(39-4)29(40-5)30(41-6)27(19)20/h7-9,11,13-17,22,28H,10,12H2,1-6H3,(H,33,36)(H,34,37)(H,32,35,38)/t22-,28-/m0/s1. The molecule has 0 unspecified atom stereocenters. The molecular formula is C31H36N4O6. The van der Waals surface area contributed by atoms with Crippen molar-refractivity contribution in [3.05, 3.63) is 70.0 Å². The number of aryl methyl sites for hydroxylation is 1. The highest BCUT2D eigenvalue weighted by atomic mass is 16.5. The Labute approximate surface area is 239 Å². The Morgan fingerprint density at radius 3 is 2.37 bits per heavy atom. The molecule has 0 aliphatic heterocycles. The van der Waals surface area contributed by atoms with Crippen molar-refractivity contribution in [1.82, 2.24) is 10.3 Å². The molecule has 2 amide bonds. The molecule has 1 heterocycles. The molecule has 1 aliphatic carbocycles. The zero-order valence-electron chi connectivity index (χ0n) is 24.2. The second-order valence-electron chi connectivity index (χ2n) is 10.2. The zero-order valence-corrected chi connectivity index (χ0v) is 24.2. The SMILES string of the molecule is COc1cc2c(c(OC)c1OC)-c1ccc(N[C@H](C(=O)Nc3ccccn3)C(C)C)c(=O)cc1[C@@H](NC(C)=O)CC2. The lowest BCUT2D eigenvalue weighted by molar-refractivity contribution is -0.120. The van der Waals surface area contributed by atoms with Crippen molar-refractivity contribution in [2.24, 2.45) is 5.92 Å². The molecule has 0 saturated carbocycles. The number of ether oxygens (including phenoxy) is 3. The van der Waals surface area contributed by atoms with E-state index in [2.05, 4.69) is 20.9 Å². The van der Waals surface area contributed by atoms with Crippen LogP contribution < -0.4 is 35.6 Å². The first-order chi connectivity index (χ1) is 19.7. The third-order valence-electron chi connectivity index (χ3n) is 7.09. The van der Waals surface area contributed by atoms with Gasteiger partial charge in [0.25, 0.3) is 0 Å². The third kappa shape index (κ3) is 6.26. The quantitative estimate of drug-likeness (QED) is 0.353. The maximum Gasteiger partial charge on any atom is 0.248 e. The van der Waals surface area contributed by atoms with Gasteiger partial charge in [0.2, 0.25) is 23.0 Å². The first-order valence-electron chi connectivity index (χ1n) is 13.4. The van der Waals surface area contributed by atoms with E-state index in [-0.39, 0.29) is 28.8 Å². The monoisotopic (exact) mass is 560 g/mol. The number of nitrogens with zero attached hydrogens (tertiary/aromatic N) is 1. The number of benzene rings is 1. The fourth-order valence-electron chi connectivity index (χ4n) is 5.17. The summed E-state index contributed by atoms with van der Waals surface area (Å²) in [6.45, 7) is 5.24. The number of pyridine rings is 1. The van der Waals surface area contributed by atoms with Gasteiger partial charge in [-0.05, 0) is 65.8 Å². The summed E-state index contributed by atoms with van der Waals surface area (Å²) >= 11 is 0. The average molecular weight is 561 g/mol. The Morgan fingerprint density at radius 2 is 1.76 bits per heavy atom. The van der Waals surface area contributed by atoms with E-state index < -0.39 is 12.1 Å². The van der Waals surface area contributed by atoms with E-state index in [0.717, 1.165) is 11.1 Å². The summed E-state index contributed by atoms with van der Waals surface area (Å²) in [5, 5.41) is 8.97. The molecule has 10 nitrogen and oxygen atoms in total. The minimum absolute atomic E-state index is 0.147. The number of hydrogen-bond acceptors (Lipinski definition) is 8. The van der Waals surface area contributed by atoms with E-state index in [1.54, 1.807) is 44.7 Å². The van der Waals surface area contributed by atoms with Crippen LogP contribution in [0.5, 0.6) is 17.2 Å². The molecule has 4 rings (SSSR count). The number of aromatic nitrogens is 1. The number of amides is 2. The van der Waals surface area contributed by atoms with Gasteiger partial charge in [-0.2, -0.15) is 0 Å². The van der Waals surface area contributed by atoms with Crippen LogP contribution in [-0.4, -0.2) is 44.2 Å². The molecule has 216 valence electrons. The Balaban J connectivity index is 1.86. The topological polar surface area (TPSA) is 128 Å². The number of carbonyl (C=O) groups excluding carboxylic acids is 2. The second kappa shape index (κ2) is 12.7. The Hall–Kier alpha value is -4.60. The summed E-state index contributed by atoms with van der Waals surface area (Å²) < 4.78 is 17.1. The third-order valence-corrected chi connectivity index (χ3v) is 7.09. The number of carbonyl (C=O) groups is 2. The highest BCUT2D eigenvalue weighted by molar-refractivity contribution is 5.96. The lowest BCUT2D eigenvalue weighted by Crippen LogP contribution is -2.40. The van der Waals surface area contributed by atoms with Gasteiger partial charge in [-0.15, -0.1) is 0 Å². The predicted octanol–water partition coefficient (Wildman–Crippen LogP) is 4.33. The van der Waals surface area contributed by atoms with Crippen LogP contribution >= 0.6 is 0 Å². The lowest BCUT2D eigenvalue weighted by Gasteiger charge is -2.22. The van der Waals surface area contributed by atoms with Crippen molar-refractivity contribution in [1.29, 1.82) is 0 Å². The number of nitrogens with one attached hydrogen (secondary N) is 3. The van der Waals surface area contributed by atoms with Crippen LogP contribution in [0.2, 0.25) is 0 Å². The van der Waals surface area contributed by atoms with Gasteiger partial charge < -0.3 is 30.2 Å². The zero-order chi connectivity index (χ0) is 29.7. The maximum atomic E-state index is 13.7. The number of fused-ring (bicyclic) bond motifs is 3. The van der Waals surface area contributed by atoms with Gasteiger partial charge in [-0.3, -0.25) is 14.4 Å². The van der Waals surface area contributed by atoms with Gasteiger partial charge in [0.1, 0.15) is 11.9 Å². The Bertz CT molecular complexity index is 1490. The van der Waals surface area contributed by atoms with Crippen LogP contribution in [0.25, 0.3) is 11.1 Å². The molecule has 2 atom stereocenters. The summed E-state index contributed by atoms with van der Waals surface area (Å²) in [6, 6.07) is 11.0. The van der Waals surface area contributed by atoms with Gasteiger partial charge in [-0.25, -0.2) is 4.98 Å². The number of rotatable bonds is 9. The molecule has 2 aromatic carbocycles. The van der Waals surface area contributed by atoms with Crippen LogP contribution in [0.15, 0.2) is 53.5 Å². The predicted molar refractivity (Wildman–Crippen MR) is 158 cm³/mol. The maximum absolute atomic E-state index is 13.7. The van der Waals surface area contributed by atoms with Crippen molar-refractivity contribution in [2.45, 2.75) is 45.7 Å². The molecule has 0 radical (unpaired) electrons. The molecule has 41 heavy (non-hydrogen) atoms. The number of hydrogen-bond donors (Lipinski definition) is 3. The van der Waals surface area contributed by atoms with Crippen LogP contribution in [0.1, 0.15) is 44.4 Å². The number of methoxy groups -OCH3 is 3. The van der Waals surface area contributed by atoms with Crippen LogP contribution in [0.4, 0.5) is 11.5 Å². The van der Waals surface area contributed by atoms with Gasteiger partial charge in [0.05, 0.1) is 33.1 Å². The van der Waals surface area contributed by atoms with Crippen molar-refractivity contribution in [3.63, 3.8) is 0 Å². The van der Waals surface area contributed by atoms with E-state index in [4.69, 9.17) is 14.2 Å². The van der Waals surface area contributed by atoms with E-state index >= 15 is 0 Å². The summed E-state index contributed by atoms with van der Waals surface area (Å²) in [6.07, 6.45) is 2.74. The molecule has 3 N–H and O–H groups in total. The van der Waals surface area contributed by atoms with Crippen LogP contribution in [0.3, 0.4) is 0 Å². The van der Waals surface area contributed by atoms with Gasteiger partial charge in [0, 0.05) is 18.7 Å². The highest BCUT2D eigenvalue weighted by Gasteiger charge is 2.30. The summed E-state index contributed by atoms with van der Waals surface area (Å²) in [4.78, 5) is 43.2. The lowest BCUT2D eigenvalue weighted by atomic mass is 9.95. The molecule has 3 aromatic rings. The molecule has 10 heteroatoms. The Kier molecular flexibility index (Phi) is 9.11. The fraction of sp³-hybridized carbons (Fsp3) is 0.355. The van der Waals surface area contributed by atoms with Crippen LogP contribution in [-0.2, 0) is 16.0 Å². The second-order valence-corrected chi connectivity index (χ2v) is 10.2. The Morgan fingerprint density at radius 1 is 1.00 bits per heavy atom. The molecule has 0 spiro atoms. The van der Waals surface area contributed by atoms with Crippen molar-refractivity contribution < 1.29 is 23.8 Å². The fourth-order valence-corrected chi connectivity index (χ4v) is 5.17. The molecule has 0 bridgehead atoms. The molecule has 1 aromatic heterocycles. The largest absolute Gasteiger partial charge is 0.493 e. The van der Waals surface area contributed by atoms with Gasteiger partial charge in [-0.1, -0.05) is 26.0 Å². The summed E-state index contributed by atoms with van der Waals surface area (Å²) in [5.41, 5.74) is 2.95. The van der Waals surface area contributed by atoms with E-state index in [0.29, 0.717) is 47.0 Å². The molecule has 0 fully saturated rings. The first-order valence-corrected chi connectivity index (χ1v) is 13.4. The minimum Gasteiger partial charge on any atom is -0.493 e. The first kappa shape index (κ1) is 29.4. The molecule has 0 saturated heterocycles. The van der Waals surface area contributed by atoms with Crippen molar-refractivity contribution in [3.8, 4) is 28.4 Å². The molecule has 1 aliphatic rings. The minimum atomic E-state index is -0.718. The van der Waals surface area contributed by atoms with Crippen molar-refractivity contribution >= 4 is 23.3 Å². The summed E-state index contributed by atoms with van der Waals surface area (Å²) in [7, 11) is 4.65. The van der Waals surface area contributed by atoms with Gasteiger partial charge in [0.15, 0.2) is 11.5 Å². The smallest absolute Gasteiger partial charge is 0.248 e. The highest BCUT2D eigenvalue weighted by Crippen LogP contribution is 2.50. The average Bonchev–Trinajstić information content (AvgIpc) is 3.19.